The summed E-state index contributed by atoms with van der Waals surface area (Å²) in [5, 5.41) is 19.5. The van der Waals surface area contributed by atoms with Crippen molar-refractivity contribution in [2.45, 2.75) is 12.0 Å². The lowest BCUT2D eigenvalue weighted by Gasteiger charge is -2.19. The van der Waals surface area contributed by atoms with Crippen LogP contribution in [0, 0.1) is 0 Å². The van der Waals surface area contributed by atoms with E-state index < -0.39 is 18.0 Å². The van der Waals surface area contributed by atoms with Gasteiger partial charge in [0.1, 0.15) is 5.92 Å². The Morgan fingerprint density at radius 1 is 0.833 bits per heavy atom. The molecule has 3 heteroatoms. The second-order valence-electron chi connectivity index (χ2n) is 4.08. The van der Waals surface area contributed by atoms with Gasteiger partial charge in [-0.1, -0.05) is 60.7 Å². The van der Waals surface area contributed by atoms with Gasteiger partial charge in [-0.15, -0.1) is 0 Å². The highest BCUT2D eigenvalue weighted by Gasteiger charge is 2.29. The monoisotopic (exact) mass is 242 g/mol. The molecule has 0 radical (unpaired) electrons. The lowest BCUT2D eigenvalue weighted by Crippen LogP contribution is -2.19. The molecule has 2 aromatic rings. The van der Waals surface area contributed by atoms with Crippen LogP contribution in [0.5, 0.6) is 0 Å². The standard InChI is InChI=1S/C15H14O3/c16-14(12-9-5-2-6-10-12)13(15(17)18)11-7-3-1-4-8-11/h1-10,13-14,16H,(H,17,18)/t13-,14-/m1/s1. The second kappa shape index (κ2) is 5.47. The fourth-order valence-electron chi connectivity index (χ4n) is 1.96. The minimum absolute atomic E-state index is 0.598. The molecular formula is C15H14O3. The van der Waals surface area contributed by atoms with Gasteiger partial charge in [-0.05, 0) is 11.1 Å². The van der Waals surface area contributed by atoms with Crippen molar-refractivity contribution >= 4 is 5.97 Å². The molecule has 2 N–H and O–H groups in total. The molecule has 18 heavy (non-hydrogen) atoms. The first-order chi connectivity index (χ1) is 8.70. The van der Waals surface area contributed by atoms with Crippen LogP contribution in [0.2, 0.25) is 0 Å². The van der Waals surface area contributed by atoms with Gasteiger partial charge in [0.05, 0.1) is 6.10 Å². The maximum absolute atomic E-state index is 11.4. The zero-order valence-corrected chi connectivity index (χ0v) is 9.73. The van der Waals surface area contributed by atoms with E-state index in [1.807, 2.05) is 12.1 Å². The number of carboxylic acids is 1. The van der Waals surface area contributed by atoms with Crippen molar-refractivity contribution in [2.24, 2.45) is 0 Å². The SMILES string of the molecule is O=C(O)[C@H](c1ccccc1)[C@H](O)c1ccccc1. The van der Waals surface area contributed by atoms with Crippen LogP contribution < -0.4 is 0 Å². The first kappa shape index (κ1) is 12.3. The highest BCUT2D eigenvalue weighted by Crippen LogP contribution is 2.30. The van der Waals surface area contributed by atoms with Crippen molar-refractivity contribution in [2.75, 3.05) is 0 Å². The van der Waals surface area contributed by atoms with Crippen LogP contribution in [0.3, 0.4) is 0 Å². The molecule has 0 aliphatic heterocycles. The van der Waals surface area contributed by atoms with Crippen LogP contribution in [0.1, 0.15) is 23.1 Å². The minimum atomic E-state index is -1.05. The molecule has 0 saturated heterocycles. The van der Waals surface area contributed by atoms with Gasteiger partial charge in [-0.25, -0.2) is 0 Å². The quantitative estimate of drug-likeness (QED) is 0.866. The average molecular weight is 242 g/mol. The Morgan fingerprint density at radius 2 is 1.28 bits per heavy atom. The van der Waals surface area contributed by atoms with E-state index in [2.05, 4.69) is 0 Å². The molecule has 2 atom stereocenters. The molecule has 0 aliphatic carbocycles. The highest BCUT2D eigenvalue weighted by atomic mass is 16.4. The third-order valence-corrected chi connectivity index (χ3v) is 2.88. The Labute approximate surface area is 105 Å². The van der Waals surface area contributed by atoms with Gasteiger partial charge in [0.2, 0.25) is 0 Å². The molecule has 2 rings (SSSR count). The van der Waals surface area contributed by atoms with E-state index >= 15 is 0 Å². The van der Waals surface area contributed by atoms with E-state index in [1.165, 1.54) is 0 Å². The molecule has 2 aromatic carbocycles. The number of carboxylic acid groups (broad SMARTS) is 1. The molecule has 0 saturated carbocycles. The molecule has 0 spiro atoms. The van der Waals surface area contributed by atoms with Crippen molar-refractivity contribution in [3.8, 4) is 0 Å². The van der Waals surface area contributed by atoms with Gasteiger partial charge < -0.3 is 10.2 Å². The van der Waals surface area contributed by atoms with Gasteiger partial charge in [0.15, 0.2) is 0 Å². The van der Waals surface area contributed by atoms with Crippen LogP contribution in [0.25, 0.3) is 0 Å². The zero-order valence-electron chi connectivity index (χ0n) is 9.73. The van der Waals surface area contributed by atoms with Gasteiger partial charge in [-0.2, -0.15) is 0 Å². The predicted octanol–water partition coefficient (Wildman–Crippen LogP) is 2.59. The van der Waals surface area contributed by atoms with Crippen molar-refractivity contribution in [1.29, 1.82) is 0 Å². The number of carbonyl (C=O) groups is 1. The summed E-state index contributed by atoms with van der Waals surface area (Å²) in [5.74, 6) is -1.98. The van der Waals surface area contributed by atoms with Crippen molar-refractivity contribution in [3.05, 3.63) is 71.8 Å². The number of aliphatic hydroxyl groups is 1. The van der Waals surface area contributed by atoms with Crippen LogP contribution in [-0.2, 0) is 4.79 Å². The molecule has 0 unspecified atom stereocenters. The van der Waals surface area contributed by atoms with Crippen LogP contribution in [0.4, 0.5) is 0 Å². The Hall–Kier alpha value is -2.13. The molecule has 0 bridgehead atoms. The number of hydrogen-bond acceptors (Lipinski definition) is 2. The number of aliphatic hydroxyl groups excluding tert-OH is 1. The fraction of sp³-hybridized carbons (Fsp3) is 0.133. The second-order valence-corrected chi connectivity index (χ2v) is 4.08. The summed E-state index contributed by atoms with van der Waals surface area (Å²) in [6.07, 6.45) is -1.05. The van der Waals surface area contributed by atoms with Crippen LogP contribution in [0.15, 0.2) is 60.7 Å². The number of rotatable bonds is 4. The molecule has 3 nitrogen and oxygen atoms in total. The summed E-state index contributed by atoms with van der Waals surface area (Å²) in [4.78, 5) is 11.4. The summed E-state index contributed by atoms with van der Waals surface area (Å²) in [6, 6.07) is 17.6. The summed E-state index contributed by atoms with van der Waals surface area (Å²) < 4.78 is 0. The first-order valence-electron chi connectivity index (χ1n) is 5.71. The largest absolute Gasteiger partial charge is 0.481 e. The smallest absolute Gasteiger partial charge is 0.314 e. The Kier molecular flexibility index (Phi) is 3.75. The van der Waals surface area contributed by atoms with Crippen LogP contribution in [-0.4, -0.2) is 16.2 Å². The van der Waals surface area contributed by atoms with Gasteiger partial charge in [-0.3, -0.25) is 4.79 Å². The van der Waals surface area contributed by atoms with Crippen molar-refractivity contribution in [1.82, 2.24) is 0 Å². The summed E-state index contributed by atoms with van der Waals surface area (Å²) in [7, 11) is 0. The Balaban J connectivity index is 2.35. The molecule has 0 heterocycles. The van der Waals surface area contributed by atoms with E-state index in [-0.39, 0.29) is 0 Å². The molecule has 92 valence electrons. The number of aliphatic carboxylic acids is 1. The predicted molar refractivity (Wildman–Crippen MR) is 68.2 cm³/mol. The van der Waals surface area contributed by atoms with Gasteiger partial charge in [0, 0.05) is 0 Å². The average Bonchev–Trinajstić information content (AvgIpc) is 2.40. The van der Waals surface area contributed by atoms with E-state index in [0.717, 1.165) is 0 Å². The van der Waals surface area contributed by atoms with Crippen LogP contribution >= 0.6 is 0 Å². The summed E-state index contributed by atoms with van der Waals surface area (Å²) in [5.41, 5.74) is 1.20. The minimum Gasteiger partial charge on any atom is -0.481 e. The van der Waals surface area contributed by atoms with Crippen molar-refractivity contribution < 1.29 is 15.0 Å². The lowest BCUT2D eigenvalue weighted by molar-refractivity contribution is -0.141. The Bertz CT molecular complexity index is 508. The lowest BCUT2D eigenvalue weighted by atomic mass is 9.89. The molecule has 0 fully saturated rings. The summed E-state index contributed by atoms with van der Waals surface area (Å²) in [6.45, 7) is 0. The zero-order chi connectivity index (χ0) is 13.0. The maximum Gasteiger partial charge on any atom is 0.314 e. The topological polar surface area (TPSA) is 57.5 Å². The van der Waals surface area contributed by atoms with E-state index in [1.54, 1.807) is 48.5 Å². The summed E-state index contributed by atoms with van der Waals surface area (Å²) >= 11 is 0. The number of hydrogen-bond donors (Lipinski definition) is 2. The molecular weight excluding hydrogens is 228 g/mol. The molecule has 0 aliphatic rings. The number of benzene rings is 2. The first-order valence-corrected chi connectivity index (χ1v) is 5.71. The van der Waals surface area contributed by atoms with Gasteiger partial charge >= 0.3 is 5.97 Å². The van der Waals surface area contributed by atoms with E-state index in [4.69, 9.17) is 0 Å². The third-order valence-electron chi connectivity index (χ3n) is 2.88. The maximum atomic E-state index is 11.4. The fourth-order valence-corrected chi connectivity index (χ4v) is 1.96. The van der Waals surface area contributed by atoms with Crippen molar-refractivity contribution in [3.63, 3.8) is 0 Å². The van der Waals surface area contributed by atoms with E-state index in [0.29, 0.717) is 11.1 Å². The molecule has 0 aromatic heterocycles. The highest BCUT2D eigenvalue weighted by molar-refractivity contribution is 5.77. The Morgan fingerprint density at radius 3 is 1.72 bits per heavy atom. The van der Waals surface area contributed by atoms with E-state index in [9.17, 15) is 15.0 Å². The molecule has 0 amide bonds. The normalized spacial score (nSPS) is 13.8. The van der Waals surface area contributed by atoms with Gasteiger partial charge in [0.25, 0.3) is 0 Å². The third kappa shape index (κ3) is 2.57.